The minimum atomic E-state index is -0.182. The summed E-state index contributed by atoms with van der Waals surface area (Å²) in [7, 11) is 0. The molecular formula is C17H18ClN3. The van der Waals surface area contributed by atoms with Gasteiger partial charge in [-0.15, -0.1) is 11.6 Å². The Bertz CT molecular complexity index is 818. The van der Waals surface area contributed by atoms with Crippen LogP contribution in [0.4, 0.5) is 0 Å². The lowest BCUT2D eigenvalue weighted by molar-refractivity contribution is 0.871. The fraction of sp³-hybridized carbons (Fsp3) is 0.294. The first-order valence-corrected chi connectivity index (χ1v) is 7.49. The van der Waals surface area contributed by atoms with Gasteiger partial charge >= 0.3 is 0 Å². The highest BCUT2D eigenvalue weighted by atomic mass is 35.5. The average molecular weight is 300 g/mol. The molecule has 2 heterocycles. The van der Waals surface area contributed by atoms with E-state index in [-0.39, 0.29) is 5.38 Å². The highest BCUT2D eigenvalue weighted by Crippen LogP contribution is 2.30. The Kier molecular flexibility index (Phi) is 3.46. The third-order valence-electron chi connectivity index (χ3n) is 3.95. The fourth-order valence-corrected chi connectivity index (χ4v) is 2.74. The zero-order valence-electron chi connectivity index (χ0n) is 12.7. The van der Waals surface area contributed by atoms with Crippen molar-refractivity contribution in [1.29, 1.82) is 0 Å². The summed E-state index contributed by atoms with van der Waals surface area (Å²) in [6, 6.07) is 8.24. The molecule has 0 spiro atoms. The first-order valence-electron chi connectivity index (χ1n) is 7.05. The lowest BCUT2D eigenvalue weighted by Crippen LogP contribution is -2.05. The van der Waals surface area contributed by atoms with Crippen LogP contribution in [-0.2, 0) is 0 Å². The SMILES string of the molecule is Cc1cccc(-n2c(C(C)Cl)nc3c(C)ccnc32)c1C. The Hall–Kier alpha value is -1.87. The molecule has 0 aliphatic heterocycles. The van der Waals surface area contributed by atoms with Gasteiger partial charge in [0.15, 0.2) is 5.65 Å². The van der Waals surface area contributed by atoms with Crippen molar-refractivity contribution in [2.24, 2.45) is 0 Å². The monoisotopic (exact) mass is 299 g/mol. The second kappa shape index (κ2) is 5.15. The van der Waals surface area contributed by atoms with E-state index in [2.05, 4.69) is 41.6 Å². The molecule has 1 atom stereocenters. The standard InChI is InChI=1S/C17H18ClN3/c1-10-6-5-7-14(12(10)3)21-16(13(4)18)20-15-11(2)8-9-19-17(15)21/h5-9,13H,1-4H3. The minimum absolute atomic E-state index is 0.182. The molecule has 0 saturated heterocycles. The van der Waals surface area contributed by atoms with Gasteiger partial charge in [0.2, 0.25) is 0 Å². The molecule has 4 heteroatoms. The topological polar surface area (TPSA) is 30.7 Å². The number of fused-ring (bicyclic) bond motifs is 1. The van der Waals surface area contributed by atoms with E-state index in [0.29, 0.717) is 0 Å². The summed E-state index contributed by atoms with van der Waals surface area (Å²) < 4.78 is 2.09. The Balaban J connectivity index is 2.43. The van der Waals surface area contributed by atoms with Gasteiger partial charge in [0.25, 0.3) is 0 Å². The van der Waals surface area contributed by atoms with Crippen LogP contribution in [-0.4, -0.2) is 14.5 Å². The Labute approximate surface area is 129 Å². The van der Waals surface area contributed by atoms with Crippen LogP contribution in [0.1, 0.15) is 34.8 Å². The van der Waals surface area contributed by atoms with Crippen molar-refractivity contribution >= 4 is 22.8 Å². The molecule has 1 aromatic carbocycles. The van der Waals surface area contributed by atoms with Crippen molar-refractivity contribution < 1.29 is 0 Å². The van der Waals surface area contributed by atoms with Gasteiger partial charge in [-0.25, -0.2) is 9.97 Å². The molecular weight excluding hydrogens is 282 g/mol. The lowest BCUT2D eigenvalue weighted by atomic mass is 10.1. The van der Waals surface area contributed by atoms with Crippen molar-refractivity contribution in [2.75, 3.05) is 0 Å². The maximum Gasteiger partial charge on any atom is 0.164 e. The molecule has 3 nitrogen and oxygen atoms in total. The highest BCUT2D eigenvalue weighted by Gasteiger charge is 2.19. The fourth-order valence-electron chi connectivity index (χ4n) is 2.59. The van der Waals surface area contributed by atoms with Crippen molar-refractivity contribution in [3.05, 3.63) is 53.0 Å². The summed E-state index contributed by atoms with van der Waals surface area (Å²) >= 11 is 6.36. The number of benzene rings is 1. The van der Waals surface area contributed by atoms with Gasteiger partial charge in [-0.1, -0.05) is 12.1 Å². The molecule has 0 amide bonds. The molecule has 0 saturated carbocycles. The normalized spacial score (nSPS) is 12.8. The second-order valence-electron chi connectivity index (χ2n) is 5.44. The zero-order valence-corrected chi connectivity index (χ0v) is 13.4. The molecule has 0 fully saturated rings. The van der Waals surface area contributed by atoms with Crippen LogP contribution in [0, 0.1) is 20.8 Å². The summed E-state index contributed by atoms with van der Waals surface area (Å²) in [6.45, 7) is 8.22. The van der Waals surface area contributed by atoms with Crippen LogP contribution >= 0.6 is 11.6 Å². The molecule has 0 bridgehead atoms. The molecule has 2 aromatic heterocycles. The highest BCUT2D eigenvalue weighted by molar-refractivity contribution is 6.20. The summed E-state index contributed by atoms with van der Waals surface area (Å²) in [6.07, 6.45) is 1.82. The van der Waals surface area contributed by atoms with E-state index in [9.17, 15) is 0 Å². The second-order valence-corrected chi connectivity index (χ2v) is 6.10. The molecule has 108 valence electrons. The van der Waals surface area contributed by atoms with E-state index < -0.39 is 0 Å². The molecule has 0 radical (unpaired) electrons. The number of alkyl halides is 1. The molecule has 1 unspecified atom stereocenters. The number of aryl methyl sites for hydroxylation is 2. The van der Waals surface area contributed by atoms with E-state index in [1.54, 1.807) is 0 Å². The number of hydrogen-bond donors (Lipinski definition) is 0. The van der Waals surface area contributed by atoms with E-state index >= 15 is 0 Å². The van der Waals surface area contributed by atoms with Gasteiger partial charge in [0, 0.05) is 6.20 Å². The summed E-state index contributed by atoms with van der Waals surface area (Å²) in [5.41, 5.74) is 6.46. The van der Waals surface area contributed by atoms with Gasteiger partial charge in [-0.3, -0.25) is 4.57 Å². The number of nitrogens with zero attached hydrogens (tertiary/aromatic N) is 3. The van der Waals surface area contributed by atoms with Crippen LogP contribution in [0.5, 0.6) is 0 Å². The zero-order chi connectivity index (χ0) is 15.1. The third kappa shape index (κ3) is 2.22. The summed E-state index contributed by atoms with van der Waals surface area (Å²) in [4.78, 5) is 9.26. The molecule has 3 rings (SSSR count). The molecule has 0 aliphatic carbocycles. The van der Waals surface area contributed by atoms with Crippen molar-refractivity contribution in [3.8, 4) is 5.69 Å². The van der Waals surface area contributed by atoms with E-state index in [4.69, 9.17) is 16.6 Å². The van der Waals surface area contributed by atoms with Gasteiger partial charge in [0.05, 0.1) is 11.1 Å². The van der Waals surface area contributed by atoms with Crippen LogP contribution < -0.4 is 0 Å². The van der Waals surface area contributed by atoms with Gasteiger partial charge in [-0.2, -0.15) is 0 Å². The van der Waals surface area contributed by atoms with E-state index in [0.717, 1.165) is 28.2 Å². The maximum atomic E-state index is 6.36. The molecule has 21 heavy (non-hydrogen) atoms. The molecule has 3 aromatic rings. The predicted molar refractivity (Wildman–Crippen MR) is 87.3 cm³/mol. The van der Waals surface area contributed by atoms with Crippen LogP contribution in [0.15, 0.2) is 30.5 Å². The number of pyridine rings is 1. The van der Waals surface area contributed by atoms with Crippen molar-refractivity contribution in [2.45, 2.75) is 33.1 Å². The number of hydrogen-bond acceptors (Lipinski definition) is 2. The lowest BCUT2D eigenvalue weighted by Gasteiger charge is -2.14. The van der Waals surface area contributed by atoms with Gasteiger partial charge < -0.3 is 0 Å². The van der Waals surface area contributed by atoms with E-state index in [1.807, 2.05) is 26.1 Å². The predicted octanol–water partition coefficient (Wildman–Crippen LogP) is 4.65. The van der Waals surface area contributed by atoms with Crippen molar-refractivity contribution in [1.82, 2.24) is 14.5 Å². The van der Waals surface area contributed by atoms with E-state index in [1.165, 1.54) is 11.1 Å². The number of rotatable bonds is 2. The number of imidazole rings is 1. The first kappa shape index (κ1) is 14.1. The first-order chi connectivity index (χ1) is 10.0. The van der Waals surface area contributed by atoms with Crippen LogP contribution in [0.3, 0.4) is 0 Å². The Morgan fingerprint density at radius 2 is 1.86 bits per heavy atom. The largest absolute Gasteiger partial charge is 0.279 e. The Morgan fingerprint density at radius 1 is 1.10 bits per heavy atom. The van der Waals surface area contributed by atoms with Crippen LogP contribution in [0.2, 0.25) is 0 Å². The Morgan fingerprint density at radius 3 is 2.57 bits per heavy atom. The minimum Gasteiger partial charge on any atom is -0.279 e. The quantitative estimate of drug-likeness (QED) is 0.645. The van der Waals surface area contributed by atoms with Crippen LogP contribution in [0.25, 0.3) is 16.9 Å². The summed E-state index contributed by atoms with van der Waals surface area (Å²) in [5, 5.41) is -0.182. The molecule has 0 N–H and O–H groups in total. The van der Waals surface area contributed by atoms with Gasteiger partial charge in [0.1, 0.15) is 11.3 Å². The number of aromatic nitrogens is 3. The average Bonchev–Trinajstić information content (AvgIpc) is 2.83. The number of halogens is 1. The smallest absolute Gasteiger partial charge is 0.164 e. The maximum absolute atomic E-state index is 6.36. The molecule has 0 aliphatic rings. The van der Waals surface area contributed by atoms with Crippen molar-refractivity contribution in [3.63, 3.8) is 0 Å². The summed E-state index contributed by atoms with van der Waals surface area (Å²) in [5.74, 6) is 0.835. The van der Waals surface area contributed by atoms with Gasteiger partial charge in [-0.05, 0) is 56.5 Å². The third-order valence-corrected chi connectivity index (χ3v) is 4.14.